The molecule has 2 aromatic rings. The molecule has 0 radical (unpaired) electrons. The van der Waals surface area contributed by atoms with Gasteiger partial charge in [-0.15, -0.1) is 0 Å². The fraction of sp³-hybridized carbons (Fsp3) is 0.409. The van der Waals surface area contributed by atoms with Gasteiger partial charge < -0.3 is 20.4 Å². The number of allylic oxidation sites excluding steroid dienone is 1. The number of aliphatic carboxylic acids is 2. The van der Waals surface area contributed by atoms with Gasteiger partial charge in [0, 0.05) is 30.2 Å². The average Bonchev–Trinajstić information content (AvgIpc) is 3.24. The Bertz CT molecular complexity index is 1030. The van der Waals surface area contributed by atoms with E-state index in [2.05, 4.69) is 15.3 Å². The van der Waals surface area contributed by atoms with E-state index in [-0.39, 0.29) is 11.6 Å². The zero-order valence-electron chi connectivity index (χ0n) is 17.6. The molecule has 1 saturated carbocycles. The Labute approximate surface area is 179 Å². The van der Waals surface area contributed by atoms with E-state index in [1.807, 2.05) is 0 Å². The normalized spacial score (nSPS) is 13.7. The molecular formula is C22H26N4O5. The first-order valence-corrected chi connectivity index (χ1v) is 10.2. The Morgan fingerprint density at radius 2 is 1.81 bits per heavy atom. The first kappa shape index (κ1) is 22.2. The molecule has 164 valence electrons. The highest BCUT2D eigenvalue weighted by Crippen LogP contribution is 2.30. The Kier molecular flexibility index (Phi) is 6.84. The SMILES string of the molecule is CC(=C(C(=O)O)C(=O)O)N(C)c1ncnc2ccc(NC(=O)CCC3CCCC3)cc12. The minimum Gasteiger partial charge on any atom is -0.477 e. The quantitative estimate of drug-likeness (QED) is 0.332. The van der Waals surface area contributed by atoms with Crippen molar-refractivity contribution in [3.8, 4) is 0 Å². The van der Waals surface area contributed by atoms with Crippen molar-refractivity contribution < 1.29 is 24.6 Å². The number of hydrogen-bond donors (Lipinski definition) is 3. The number of carboxylic acids is 2. The highest BCUT2D eigenvalue weighted by molar-refractivity contribution is 6.13. The molecule has 1 fully saturated rings. The predicted octanol–water partition coefficient (Wildman–Crippen LogP) is 3.42. The number of amides is 1. The molecule has 1 amide bonds. The Hall–Kier alpha value is -3.49. The van der Waals surface area contributed by atoms with Gasteiger partial charge in [0.25, 0.3) is 0 Å². The average molecular weight is 426 g/mol. The summed E-state index contributed by atoms with van der Waals surface area (Å²) < 4.78 is 0. The van der Waals surface area contributed by atoms with Crippen LogP contribution in [0.3, 0.4) is 0 Å². The number of fused-ring (bicyclic) bond motifs is 1. The maximum Gasteiger partial charge on any atom is 0.344 e. The molecule has 0 saturated heterocycles. The van der Waals surface area contributed by atoms with Crippen molar-refractivity contribution in [2.75, 3.05) is 17.3 Å². The van der Waals surface area contributed by atoms with Gasteiger partial charge in [0.05, 0.1) is 5.52 Å². The highest BCUT2D eigenvalue weighted by Gasteiger charge is 2.24. The lowest BCUT2D eigenvalue weighted by Crippen LogP contribution is -2.24. The number of nitrogens with one attached hydrogen (secondary N) is 1. The first-order chi connectivity index (χ1) is 14.8. The highest BCUT2D eigenvalue weighted by atomic mass is 16.4. The molecule has 0 aliphatic heterocycles. The molecule has 0 spiro atoms. The fourth-order valence-corrected chi connectivity index (χ4v) is 3.97. The fourth-order valence-electron chi connectivity index (χ4n) is 3.97. The number of carbonyl (C=O) groups is 3. The van der Waals surface area contributed by atoms with Crippen molar-refractivity contribution in [2.45, 2.75) is 45.4 Å². The lowest BCUT2D eigenvalue weighted by Gasteiger charge is -2.21. The van der Waals surface area contributed by atoms with Gasteiger partial charge in [-0.2, -0.15) is 0 Å². The number of benzene rings is 1. The minimum atomic E-state index is -1.54. The smallest absolute Gasteiger partial charge is 0.344 e. The summed E-state index contributed by atoms with van der Waals surface area (Å²) in [5.74, 6) is -2.17. The van der Waals surface area contributed by atoms with E-state index < -0.39 is 17.5 Å². The number of rotatable bonds is 8. The molecule has 31 heavy (non-hydrogen) atoms. The van der Waals surface area contributed by atoms with Gasteiger partial charge in [-0.1, -0.05) is 25.7 Å². The van der Waals surface area contributed by atoms with Gasteiger partial charge >= 0.3 is 11.9 Å². The summed E-state index contributed by atoms with van der Waals surface area (Å²) in [6.07, 6.45) is 7.54. The van der Waals surface area contributed by atoms with Crippen LogP contribution in [0.4, 0.5) is 11.5 Å². The van der Waals surface area contributed by atoms with Crippen molar-refractivity contribution in [1.29, 1.82) is 0 Å². The molecule has 0 bridgehead atoms. The van der Waals surface area contributed by atoms with E-state index in [1.165, 1.54) is 50.9 Å². The third kappa shape index (κ3) is 5.17. The van der Waals surface area contributed by atoms with Crippen LogP contribution in [0.5, 0.6) is 0 Å². The second kappa shape index (κ2) is 9.55. The molecule has 9 heteroatoms. The third-order valence-electron chi connectivity index (χ3n) is 5.76. The van der Waals surface area contributed by atoms with Crippen LogP contribution < -0.4 is 10.2 Å². The monoisotopic (exact) mass is 426 g/mol. The predicted molar refractivity (Wildman–Crippen MR) is 116 cm³/mol. The van der Waals surface area contributed by atoms with Crippen LogP contribution in [0.2, 0.25) is 0 Å². The van der Waals surface area contributed by atoms with Gasteiger partial charge in [0.15, 0.2) is 5.57 Å². The summed E-state index contributed by atoms with van der Waals surface area (Å²) in [5, 5.41) is 22.0. The number of anilines is 2. The maximum absolute atomic E-state index is 12.4. The zero-order valence-corrected chi connectivity index (χ0v) is 17.6. The van der Waals surface area contributed by atoms with Crippen molar-refractivity contribution in [2.24, 2.45) is 5.92 Å². The molecular weight excluding hydrogens is 400 g/mol. The standard InChI is InChI=1S/C22H26N4O5/c1-13(19(21(28)29)22(30)31)26(2)20-16-11-15(8-9-17(16)23-12-24-20)25-18(27)10-7-14-5-3-4-6-14/h8-9,11-12,14H,3-7,10H2,1-2H3,(H,25,27)(H,28,29)(H,30,31). The topological polar surface area (TPSA) is 133 Å². The molecule has 1 aromatic carbocycles. The third-order valence-corrected chi connectivity index (χ3v) is 5.76. The van der Waals surface area contributed by atoms with E-state index in [9.17, 15) is 24.6 Å². The van der Waals surface area contributed by atoms with E-state index in [1.54, 1.807) is 18.2 Å². The molecule has 0 unspecified atom stereocenters. The number of aromatic nitrogens is 2. The summed E-state index contributed by atoms with van der Waals surface area (Å²) in [5.41, 5.74) is 0.434. The molecule has 9 nitrogen and oxygen atoms in total. The number of hydrogen-bond acceptors (Lipinski definition) is 6. The number of carboxylic acid groups (broad SMARTS) is 2. The van der Waals surface area contributed by atoms with Crippen molar-refractivity contribution in [3.63, 3.8) is 0 Å². The van der Waals surface area contributed by atoms with E-state index in [0.717, 1.165) is 6.42 Å². The molecule has 1 heterocycles. The van der Waals surface area contributed by atoms with Crippen LogP contribution >= 0.6 is 0 Å². The Morgan fingerprint density at radius 3 is 2.45 bits per heavy atom. The number of carbonyl (C=O) groups excluding carboxylic acids is 1. The molecule has 3 rings (SSSR count). The van der Waals surface area contributed by atoms with Gasteiger partial charge in [0.1, 0.15) is 12.1 Å². The first-order valence-electron chi connectivity index (χ1n) is 10.2. The Morgan fingerprint density at radius 1 is 1.13 bits per heavy atom. The second-order valence-corrected chi connectivity index (χ2v) is 7.80. The van der Waals surface area contributed by atoms with Gasteiger partial charge in [-0.05, 0) is 37.5 Å². The summed E-state index contributed by atoms with van der Waals surface area (Å²) in [7, 11) is 1.54. The lowest BCUT2D eigenvalue weighted by molar-refractivity contribution is -0.140. The summed E-state index contributed by atoms with van der Waals surface area (Å²) in [4.78, 5) is 44.9. The number of nitrogens with zero attached hydrogens (tertiary/aromatic N) is 3. The molecule has 1 aliphatic carbocycles. The van der Waals surface area contributed by atoms with Crippen LogP contribution in [-0.2, 0) is 14.4 Å². The molecule has 1 aromatic heterocycles. The van der Waals surface area contributed by atoms with E-state index in [4.69, 9.17) is 0 Å². The Balaban J connectivity index is 1.86. The molecule has 1 aliphatic rings. The van der Waals surface area contributed by atoms with Gasteiger partial charge in [-0.3, -0.25) is 4.79 Å². The summed E-state index contributed by atoms with van der Waals surface area (Å²) in [6, 6.07) is 5.19. The maximum atomic E-state index is 12.4. The second-order valence-electron chi connectivity index (χ2n) is 7.80. The minimum absolute atomic E-state index is 0.0194. The van der Waals surface area contributed by atoms with E-state index in [0.29, 0.717) is 34.7 Å². The van der Waals surface area contributed by atoms with Crippen LogP contribution in [0.15, 0.2) is 35.8 Å². The van der Waals surface area contributed by atoms with Crippen molar-refractivity contribution in [3.05, 3.63) is 35.8 Å². The largest absolute Gasteiger partial charge is 0.477 e. The van der Waals surface area contributed by atoms with Crippen LogP contribution in [0, 0.1) is 5.92 Å². The van der Waals surface area contributed by atoms with E-state index >= 15 is 0 Å². The van der Waals surface area contributed by atoms with Crippen LogP contribution in [-0.4, -0.2) is 45.1 Å². The van der Waals surface area contributed by atoms with Crippen LogP contribution in [0.25, 0.3) is 10.9 Å². The molecule has 3 N–H and O–H groups in total. The van der Waals surface area contributed by atoms with Crippen LogP contribution in [0.1, 0.15) is 45.4 Å². The lowest BCUT2D eigenvalue weighted by atomic mass is 10.0. The van der Waals surface area contributed by atoms with Gasteiger partial charge in [-0.25, -0.2) is 19.6 Å². The summed E-state index contributed by atoms with van der Waals surface area (Å²) in [6.45, 7) is 1.40. The summed E-state index contributed by atoms with van der Waals surface area (Å²) >= 11 is 0. The van der Waals surface area contributed by atoms with Crippen molar-refractivity contribution >= 4 is 40.3 Å². The molecule has 0 atom stereocenters. The zero-order chi connectivity index (χ0) is 22.5. The van der Waals surface area contributed by atoms with Gasteiger partial charge in [0.2, 0.25) is 5.91 Å². The van der Waals surface area contributed by atoms with Crippen molar-refractivity contribution in [1.82, 2.24) is 9.97 Å².